The minimum atomic E-state index is -0.803. The molecule has 1 aliphatic heterocycles. The first-order chi connectivity index (χ1) is 9.78. The first kappa shape index (κ1) is 12.8. The molecule has 2 heterocycles. The van der Waals surface area contributed by atoms with Crippen LogP contribution < -0.4 is 0 Å². The van der Waals surface area contributed by atoms with E-state index in [1.165, 1.54) is 0 Å². The van der Waals surface area contributed by atoms with Gasteiger partial charge in [0.2, 0.25) is 0 Å². The van der Waals surface area contributed by atoms with E-state index < -0.39 is 5.92 Å². The summed E-state index contributed by atoms with van der Waals surface area (Å²) in [7, 11) is 0. The maximum atomic E-state index is 12.3. The number of carbonyl (C=O) groups excluding carboxylic acids is 1. The third kappa shape index (κ3) is 2.43. The molecule has 1 N–H and O–H groups in total. The number of nitriles is 1. The van der Waals surface area contributed by atoms with Gasteiger partial charge in [-0.15, -0.1) is 0 Å². The molecule has 1 unspecified atom stereocenters. The number of rotatable bonds is 4. The van der Waals surface area contributed by atoms with Gasteiger partial charge in [-0.05, 0) is 38.1 Å². The first-order valence-electron chi connectivity index (χ1n) is 6.87. The van der Waals surface area contributed by atoms with Crippen molar-refractivity contribution in [2.45, 2.75) is 18.8 Å². The molecule has 2 aromatic rings. The number of aromatic amines is 1. The van der Waals surface area contributed by atoms with Crippen LogP contribution in [-0.2, 0) is 4.79 Å². The number of para-hydroxylation sites is 2. The number of nitrogens with one attached hydrogen (secondary N) is 1. The summed E-state index contributed by atoms with van der Waals surface area (Å²) in [4.78, 5) is 21.8. The van der Waals surface area contributed by atoms with Gasteiger partial charge in [-0.3, -0.25) is 9.69 Å². The molecule has 1 fully saturated rings. The summed E-state index contributed by atoms with van der Waals surface area (Å²) in [6.45, 7) is 2.24. The number of aromatic nitrogens is 2. The number of fused-ring (bicyclic) bond motifs is 1. The van der Waals surface area contributed by atoms with Crippen LogP contribution in [0, 0.1) is 11.3 Å². The van der Waals surface area contributed by atoms with Crippen LogP contribution in [0.4, 0.5) is 0 Å². The molecule has 0 saturated carbocycles. The quantitative estimate of drug-likeness (QED) is 0.918. The highest BCUT2D eigenvalue weighted by Crippen LogP contribution is 2.19. The summed E-state index contributed by atoms with van der Waals surface area (Å²) < 4.78 is 0. The molecule has 0 spiro atoms. The zero-order valence-corrected chi connectivity index (χ0v) is 11.2. The number of Topliss-reactive ketones (excluding diaryl/α,β-unsaturated/α-hetero) is 1. The lowest BCUT2D eigenvalue weighted by atomic mass is 10.1. The fraction of sp³-hybridized carbons (Fsp3) is 0.400. The molecule has 1 aromatic carbocycles. The van der Waals surface area contributed by atoms with E-state index in [1.54, 1.807) is 0 Å². The van der Waals surface area contributed by atoms with Gasteiger partial charge in [0.05, 0.1) is 23.6 Å². The van der Waals surface area contributed by atoms with Crippen LogP contribution in [0.2, 0.25) is 0 Å². The average Bonchev–Trinajstić information content (AvgIpc) is 3.08. The molecule has 20 heavy (non-hydrogen) atoms. The van der Waals surface area contributed by atoms with E-state index in [9.17, 15) is 10.1 Å². The summed E-state index contributed by atoms with van der Waals surface area (Å²) in [6.07, 6.45) is 2.27. The molecule has 1 atom stereocenters. The summed E-state index contributed by atoms with van der Waals surface area (Å²) in [6, 6.07) is 9.64. The highest BCUT2D eigenvalue weighted by atomic mass is 16.1. The Bertz CT molecular complexity index is 631. The van der Waals surface area contributed by atoms with Crippen LogP contribution >= 0.6 is 0 Å². The minimum absolute atomic E-state index is 0.0755. The zero-order valence-electron chi connectivity index (χ0n) is 11.2. The summed E-state index contributed by atoms with van der Waals surface area (Å²) in [5.74, 6) is -0.422. The number of hydrogen-bond donors (Lipinski definition) is 1. The SMILES string of the molecule is N#CC(C(=O)CN1CCCC1)c1nc2ccccc2[nH]1. The molecule has 0 amide bonds. The predicted octanol–water partition coefficient (Wildman–Crippen LogP) is 1.83. The van der Waals surface area contributed by atoms with E-state index in [0.717, 1.165) is 37.0 Å². The topological polar surface area (TPSA) is 72.8 Å². The fourth-order valence-corrected chi connectivity index (χ4v) is 2.65. The number of carbonyl (C=O) groups is 1. The second-order valence-electron chi connectivity index (χ2n) is 5.15. The first-order valence-corrected chi connectivity index (χ1v) is 6.87. The molecule has 1 aliphatic rings. The number of ketones is 1. The Morgan fingerprint density at radius 3 is 2.85 bits per heavy atom. The Balaban J connectivity index is 1.81. The van der Waals surface area contributed by atoms with Crippen LogP contribution in [-0.4, -0.2) is 40.3 Å². The van der Waals surface area contributed by atoms with Crippen molar-refractivity contribution in [3.05, 3.63) is 30.1 Å². The Morgan fingerprint density at radius 2 is 2.15 bits per heavy atom. The molecular weight excluding hydrogens is 252 g/mol. The lowest BCUT2D eigenvalue weighted by Crippen LogP contribution is -2.30. The van der Waals surface area contributed by atoms with Crippen molar-refractivity contribution < 1.29 is 4.79 Å². The molecule has 0 radical (unpaired) electrons. The monoisotopic (exact) mass is 268 g/mol. The Labute approximate surface area is 117 Å². The third-order valence-electron chi connectivity index (χ3n) is 3.71. The average molecular weight is 268 g/mol. The van der Waals surface area contributed by atoms with Gasteiger partial charge in [-0.1, -0.05) is 12.1 Å². The normalized spacial score (nSPS) is 17.1. The van der Waals surface area contributed by atoms with E-state index in [4.69, 9.17) is 0 Å². The number of benzene rings is 1. The van der Waals surface area contributed by atoms with E-state index in [1.807, 2.05) is 24.3 Å². The molecule has 0 aliphatic carbocycles. The van der Waals surface area contributed by atoms with Crippen molar-refractivity contribution in [3.8, 4) is 6.07 Å². The molecule has 0 bridgehead atoms. The largest absolute Gasteiger partial charge is 0.340 e. The third-order valence-corrected chi connectivity index (χ3v) is 3.71. The van der Waals surface area contributed by atoms with Gasteiger partial charge < -0.3 is 4.98 Å². The Hall–Kier alpha value is -2.19. The number of nitrogens with zero attached hydrogens (tertiary/aromatic N) is 3. The fourth-order valence-electron chi connectivity index (χ4n) is 2.65. The molecule has 3 rings (SSSR count). The Morgan fingerprint density at radius 1 is 1.40 bits per heavy atom. The van der Waals surface area contributed by atoms with Crippen LogP contribution in [0.3, 0.4) is 0 Å². The standard InChI is InChI=1S/C15H16N4O/c16-9-11(14(20)10-19-7-3-4-8-19)15-17-12-5-1-2-6-13(12)18-15/h1-2,5-6,11H,3-4,7-8,10H2,(H,17,18). The second-order valence-corrected chi connectivity index (χ2v) is 5.15. The number of likely N-dealkylation sites (tertiary alicyclic amines) is 1. The number of imidazole rings is 1. The van der Waals surface area contributed by atoms with Crippen molar-refractivity contribution in [2.75, 3.05) is 19.6 Å². The summed E-state index contributed by atoms with van der Waals surface area (Å²) >= 11 is 0. The molecule has 1 aromatic heterocycles. The smallest absolute Gasteiger partial charge is 0.171 e. The number of H-pyrrole nitrogens is 1. The van der Waals surface area contributed by atoms with Crippen molar-refractivity contribution in [3.63, 3.8) is 0 Å². The number of hydrogen-bond acceptors (Lipinski definition) is 4. The van der Waals surface area contributed by atoms with Crippen LogP contribution in [0.1, 0.15) is 24.6 Å². The van der Waals surface area contributed by atoms with E-state index in [2.05, 4.69) is 20.9 Å². The van der Waals surface area contributed by atoms with Gasteiger partial charge in [0, 0.05) is 0 Å². The van der Waals surface area contributed by atoms with E-state index in [-0.39, 0.29) is 5.78 Å². The van der Waals surface area contributed by atoms with Gasteiger partial charge in [0.25, 0.3) is 0 Å². The molecule has 5 nitrogen and oxygen atoms in total. The predicted molar refractivity (Wildman–Crippen MR) is 75.1 cm³/mol. The lowest BCUT2D eigenvalue weighted by Gasteiger charge is -2.14. The second kappa shape index (κ2) is 5.43. The van der Waals surface area contributed by atoms with Crippen molar-refractivity contribution >= 4 is 16.8 Å². The minimum Gasteiger partial charge on any atom is -0.340 e. The van der Waals surface area contributed by atoms with Gasteiger partial charge in [-0.25, -0.2) is 4.98 Å². The van der Waals surface area contributed by atoms with E-state index >= 15 is 0 Å². The molecule has 1 saturated heterocycles. The maximum Gasteiger partial charge on any atom is 0.171 e. The van der Waals surface area contributed by atoms with Gasteiger partial charge >= 0.3 is 0 Å². The summed E-state index contributed by atoms with van der Waals surface area (Å²) in [5.41, 5.74) is 1.65. The molecular formula is C15H16N4O. The molecule has 5 heteroatoms. The van der Waals surface area contributed by atoms with Gasteiger partial charge in [0.15, 0.2) is 11.7 Å². The zero-order chi connectivity index (χ0) is 13.9. The van der Waals surface area contributed by atoms with Gasteiger partial charge in [0.1, 0.15) is 5.82 Å². The maximum absolute atomic E-state index is 12.3. The molecule has 102 valence electrons. The Kier molecular flexibility index (Phi) is 3.48. The highest BCUT2D eigenvalue weighted by molar-refractivity contribution is 5.90. The van der Waals surface area contributed by atoms with Crippen LogP contribution in [0.15, 0.2) is 24.3 Å². The summed E-state index contributed by atoms with van der Waals surface area (Å²) in [5, 5.41) is 9.30. The van der Waals surface area contributed by atoms with Crippen LogP contribution in [0.5, 0.6) is 0 Å². The van der Waals surface area contributed by atoms with Crippen LogP contribution in [0.25, 0.3) is 11.0 Å². The highest BCUT2D eigenvalue weighted by Gasteiger charge is 2.26. The van der Waals surface area contributed by atoms with Crippen molar-refractivity contribution in [1.29, 1.82) is 5.26 Å². The lowest BCUT2D eigenvalue weighted by molar-refractivity contribution is -0.120. The van der Waals surface area contributed by atoms with Gasteiger partial charge in [-0.2, -0.15) is 5.26 Å². The van der Waals surface area contributed by atoms with Crippen molar-refractivity contribution in [2.24, 2.45) is 0 Å². The van der Waals surface area contributed by atoms with E-state index in [0.29, 0.717) is 12.4 Å². The van der Waals surface area contributed by atoms with Crippen molar-refractivity contribution in [1.82, 2.24) is 14.9 Å².